The zero-order valence-electron chi connectivity index (χ0n) is 9.18. The monoisotopic (exact) mass is 201 g/mol. The Hall–Kier alpha value is 0.310. The summed E-state index contributed by atoms with van der Waals surface area (Å²) in [6.07, 6.45) is 7.79. The van der Waals surface area contributed by atoms with Crippen LogP contribution in [0.3, 0.4) is 0 Å². The molecule has 0 radical (unpaired) electrons. The molecule has 1 nitrogen and oxygen atoms in total. The molecular weight excluding hydrogens is 178 g/mol. The van der Waals surface area contributed by atoms with Gasteiger partial charge in [0.15, 0.2) is 0 Å². The van der Waals surface area contributed by atoms with Gasteiger partial charge in [-0.15, -0.1) is 0 Å². The minimum Gasteiger partial charge on any atom is -0.313 e. The first-order chi connectivity index (χ1) is 6.24. The van der Waals surface area contributed by atoms with E-state index in [2.05, 4.69) is 25.4 Å². The van der Waals surface area contributed by atoms with Crippen molar-refractivity contribution in [1.82, 2.24) is 5.32 Å². The lowest BCUT2D eigenvalue weighted by Crippen LogP contribution is -2.35. The van der Waals surface area contributed by atoms with Crippen LogP contribution in [-0.2, 0) is 0 Å². The first-order valence-electron chi connectivity index (χ1n) is 5.50. The third-order valence-corrected chi connectivity index (χ3v) is 4.05. The van der Waals surface area contributed by atoms with Crippen molar-refractivity contribution in [3.8, 4) is 0 Å². The van der Waals surface area contributed by atoms with Crippen LogP contribution in [0.1, 0.15) is 39.5 Å². The molecular formula is C11H23NS. The second-order valence-corrected chi connectivity index (χ2v) is 5.53. The third kappa shape index (κ3) is 3.90. The lowest BCUT2D eigenvalue weighted by molar-refractivity contribution is 0.478. The lowest BCUT2D eigenvalue weighted by Gasteiger charge is -2.19. The maximum atomic E-state index is 3.69. The van der Waals surface area contributed by atoms with Gasteiger partial charge in [0, 0.05) is 11.3 Å². The summed E-state index contributed by atoms with van der Waals surface area (Å²) in [5.41, 5.74) is 0. The Balaban J connectivity index is 2.13. The molecule has 0 aliphatic heterocycles. The molecule has 0 heterocycles. The van der Waals surface area contributed by atoms with Gasteiger partial charge in [0.1, 0.15) is 0 Å². The SMILES string of the molecule is CSC1CCCC1NCCC(C)C. The quantitative estimate of drug-likeness (QED) is 0.734. The number of hydrogen-bond donors (Lipinski definition) is 1. The van der Waals surface area contributed by atoms with Crippen LogP contribution in [0, 0.1) is 5.92 Å². The van der Waals surface area contributed by atoms with Gasteiger partial charge < -0.3 is 5.32 Å². The molecule has 78 valence electrons. The molecule has 2 heteroatoms. The molecule has 1 fully saturated rings. The van der Waals surface area contributed by atoms with Gasteiger partial charge in [0.2, 0.25) is 0 Å². The highest BCUT2D eigenvalue weighted by Crippen LogP contribution is 2.28. The van der Waals surface area contributed by atoms with E-state index in [4.69, 9.17) is 0 Å². The van der Waals surface area contributed by atoms with Crippen LogP contribution in [-0.4, -0.2) is 24.1 Å². The molecule has 0 bridgehead atoms. The molecule has 1 N–H and O–H groups in total. The summed E-state index contributed by atoms with van der Waals surface area (Å²) in [6.45, 7) is 5.80. The largest absolute Gasteiger partial charge is 0.313 e. The normalized spacial score (nSPS) is 28.6. The molecule has 1 aliphatic carbocycles. The van der Waals surface area contributed by atoms with E-state index in [0.29, 0.717) is 0 Å². The topological polar surface area (TPSA) is 12.0 Å². The smallest absolute Gasteiger partial charge is 0.0198 e. The average molecular weight is 201 g/mol. The highest BCUT2D eigenvalue weighted by Gasteiger charge is 2.25. The summed E-state index contributed by atoms with van der Waals surface area (Å²) in [4.78, 5) is 0. The Morgan fingerprint density at radius 2 is 2.15 bits per heavy atom. The van der Waals surface area contributed by atoms with Crippen LogP contribution in [0.4, 0.5) is 0 Å². The Morgan fingerprint density at radius 3 is 2.77 bits per heavy atom. The number of thioether (sulfide) groups is 1. The lowest BCUT2D eigenvalue weighted by atomic mass is 10.1. The molecule has 0 aromatic heterocycles. The average Bonchev–Trinajstić information content (AvgIpc) is 2.51. The van der Waals surface area contributed by atoms with Crippen LogP contribution in [0.15, 0.2) is 0 Å². The zero-order chi connectivity index (χ0) is 9.68. The van der Waals surface area contributed by atoms with E-state index < -0.39 is 0 Å². The van der Waals surface area contributed by atoms with E-state index in [0.717, 1.165) is 17.2 Å². The maximum absolute atomic E-state index is 3.69. The second kappa shape index (κ2) is 5.92. The van der Waals surface area contributed by atoms with Crippen LogP contribution < -0.4 is 5.32 Å². The molecule has 0 aromatic carbocycles. The van der Waals surface area contributed by atoms with Crippen molar-refractivity contribution in [2.24, 2.45) is 5.92 Å². The standard InChI is InChI=1S/C11H23NS/c1-9(2)7-8-12-10-5-4-6-11(10)13-3/h9-12H,4-8H2,1-3H3. The van der Waals surface area contributed by atoms with E-state index in [1.54, 1.807) is 0 Å². The molecule has 0 saturated heterocycles. The minimum atomic E-state index is 0.800. The summed E-state index contributed by atoms with van der Waals surface area (Å²) >= 11 is 2.04. The van der Waals surface area contributed by atoms with Gasteiger partial charge in [0.05, 0.1) is 0 Å². The minimum absolute atomic E-state index is 0.800. The van der Waals surface area contributed by atoms with Crippen molar-refractivity contribution in [2.45, 2.75) is 50.8 Å². The molecule has 1 rings (SSSR count). The van der Waals surface area contributed by atoms with Crippen LogP contribution >= 0.6 is 11.8 Å². The highest BCUT2D eigenvalue weighted by molar-refractivity contribution is 7.99. The van der Waals surface area contributed by atoms with Crippen molar-refractivity contribution in [3.05, 3.63) is 0 Å². The Bertz CT molecular complexity index is 136. The molecule has 2 atom stereocenters. The van der Waals surface area contributed by atoms with Crippen LogP contribution in [0.2, 0.25) is 0 Å². The zero-order valence-corrected chi connectivity index (χ0v) is 9.99. The predicted octanol–water partition coefficient (Wildman–Crippen LogP) is 2.91. The molecule has 13 heavy (non-hydrogen) atoms. The van der Waals surface area contributed by atoms with Gasteiger partial charge in [0.25, 0.3) is 0 Å². The summed E-state index contributed by atoms with van der Waals surface area (Å²) in [5.74, 6) is 0.835. The van der Waals surface area contributed by atoms with Crippen molar-refractivity contribution in [3.63, 3.8) is 0 Å². The van der Waals surface area contributed by atoms with Crippen molar-refractivity contribution < 1.29 is 0 Å². The van der Waals surface area contributed by atoms with Crippen LogP contribution in [0.25, 0.3) is 0 Å². The first kappa shape index (κ1) is 11.4. The number of hydrogen-bond acceptors (Lipinski definition) is 2. The van der Waals surface area contributed by atoms with Gasteiger partial charge in [-0.3, -0.25) is 0 Å². The fraction of sp³-hybridized carbons (Fsp3) is 1.00. The van der Waals surface area contributed by atoms with Gasteiger partial charge in [-0.25, -0.2) is 0 Å². The van der Waals surface area contributed by atoms with Gasteiger partial charge in [-0.05, 0) is 38.0 Å². The van der Waals surface area contributed by atoms with Crippen molar-refractivity contribution in [2.75, 3.05) is 12.8 Å². The van der Waals surface area contributed by atoms with Gasteiger partial charge in [-0.2, -0.15) is 11.8 Å². The highest BCUT2D eigenvalue weighted by atomic mass is 32.2. The number of rotatable bonds is 5. The summed E-state index contributed by atoms with van der Waals surface area (Å²) < 4.78 is 0. The number of nitrogens with one attached hydrogen (secondary N) is 1. The van der Waals surface area contributed by atoms with E-state index in [1.165, 1.54) is 32.2 Å². The molecule has 0 aromatic rings. The summed E-state index contributed by atoms with van der Waals surface area (Å²) in [5, 5.41) is 4.57. The van der Waals surface area contributed by atoms with Gasteiger partial charge >= 0.3 is 0 Å². The first-order valence-corrected chi connectivity index (χ1v) is 6.79. The Morgan fingerprint density at radius 1 is 1.38 bits per heavy atom. The van der Waals surface area contributed by atoms with Crippen molar-refractivity contribution in [1.29, 1.82) is 0 Å². The van der Waals surface area contributed by atoms with Crippen LogP contribution in [0.5, 0.6) is 0 Å². The Kier molecular flexibility index (Phi) is 5.18. The third-order valence-electron chi connectivity index (χ3n) is 2.88. The summed E-state index contributed by atoms with van der Waals surface area (Å²) in [7, 11) is 0. The fourth-order valence-electron chi connectivity index (χ4n) is 2.00. The molecule has 1 saturated carbocycles. The molecule has 2 unspecified atom stereocenters. The van der Waals surface area contributed by atoms with E-state index in [9.17, 15) is 0 Å². The predicted molar refractivity (Wildman–Crippen MR) is 62.4 cm³/mol. The van der Waals surface area contributed by atoms with E-state index in [-0.39, 0.29) is 0 Å². The fourth-order valence-corrected chi connectivity index (χ4v) is 2.96. The maximum Gasteiger partial charge on any atom is 0.0198 e. The van der Waals surface area contributed by atoms with E-state index >= 15 is 0 Å². The van der Waals surface area contributed by atoms with Crippen molar-refractivity contribution >= 4 is 11.8 Å². The summed E-state index contributed by atoms with van der Waals surface area (Å²) in [6, 6.07) is 0.800. The Labute approximate surface area is 87.1 Å². The second-order valence-electron chi connectivity index (χ2n) is 4.45. The molecule has 0 spiro atoms. The molecule has 1 aliphatic rings. The molecule has 0 amide bonds. The van der Waals surface area contributed by atoms with E-state index in [1.807, 2.05) is 11.8 Å². The van der Waals surface area contributed by atoms with Gasteiger partial charge in [-0.1, -0.05) is 20.3 Å².